The Morgan fingerprint density at radius 3 is 2.80 bits per heavy atom. The number of benzene rings is 1. The van der Waals surface area contributed by atoms with Gasteiger partial charge in [0.05, 0.1) is 6.61 Å². The molecular weight excluding hydrogens is 342 g/mol. The lowest BCUT2D eigenvalue weighted by molar-refractivity contribution is 0.163. The molecule has 0 saturated carbocycles. The van der Waals surface area contributed by atoms with E-state index in [-0.39, 0.29) is 17.0 Å². The number of nitrogens with zero attached hydrogens (tertiary/aromatic N) is 2. The van der Waals surface area contributed by atoms with Crippen molar-refractivity contribution in [2.24, 2.45) is 0 Å². The fraction of sp³-hybridized carbons (Fsp3) is 0.588. The van der Waals surface area contributed by atoms with Crippen molar-refractivity contribution in [3.8, 4) is 5.75 Å². The van der Waals surface area contributed by atoms with E-state index >= 15 is 0 Å². The van der Waals surface area contributed by atoms with Crippen molar-refractivity contribution in [3.05, 3.63) is 23.8 Å². The number of piperidine rings is 1. The van der Waals surface area contributed by atoms with E-state index in [1.165, 1.54) is 4.31 Å². The first-order chi connectivity index (χ1) is 11.9. The summed E-state index contributed by atoms with van der Waals surface area (Å²) in [4.78, 5) is 13.9. The van der Waals surface area contributed by atoms with Crippen LogP contribution in [0.15, 0.2) is 23.1 Å². The van der Waals surface area contributed by atoms with Gasteiger partial charge in [-0.2, -0.15) is 4.31 Å². The van der Waals surface area contributed by atoms with Crippen LogP contribution in [-0.2, 0) is 10.0 Å². The summed E-state index contributed by atoms with van der Waals surface area (Å²) in [6.45, 7) is 6.15. The zero-order valence-corrected chi connectivity index (χ0v) is 15.5. The predicted molar refractivity (Wildman–Crippen MR) is 94.2 cm³/mol. The first kappa shape index (κ1) is 18.0. The zero-order chi connectivity index (χ0) is 18.0. The molecular formula is C17H25N3O4S. The van der Waals surface area contributed by atoms with Crippen LogP contribution in [0, 0.1) is 6.92 Å². The SMILES string of the molecule is CCOc1ccc(C)cc1S(=O)(=O)N1CCC[C@@H](N2CCNC2=O)C1. The average Bonchev–Trinajstić information content (AvgIpc) is 3.03. The summed E-state index contributed by atoms with van der Waals surface area (Å²) < 4.78 is 33.4. The molecule has 138 valence electrons. The molecule has 0 spiro atoms. The van der Waals surface area contributed by atoms with E-state index in [0.29, 0.717) is 38.5 Å². The van der Waals surface area contributed by atoms with E-state index in [1.807, 2.05) is 19.9 Å². The predicted octanol–water partition coefficient (Wildman–Crippen LogP) is 1.57. The molecule has 2 saturated heterocycles. The number of carbonyl (C=O) groups excluding carboxylic acids is 1. The molecule has 0 unspecified atom stereocenters. The maximum atomic E-state index is 13.2. The van der Waals surface area contributed by atoms with Gasteiger partial charge < -0.3 is 15.0 Å². The summed E-state index contributed by atoms with van der Waals surface area (Å²) in [6.07, 6.45) is 1.56. The normalized spacial score (nSPS) is 22.1. The van der Waals surface area contributed by atoms with Crippen LogP contribution >= 0.6 is 0 Å². The number of amides is 2. The molecule has 2 aliphatic heterocycles. The summed E-state index contributed by atoms with van der Waals surface area (Å²) >= 11 is 0. The molecule has 1 N–H and O–H groups in total. The number of rotatable bonds is 5. The van der Waals surface area contributed by atoms with Crippen LogP contribution in [0.1, 0.15) is 25.3 Å². The molecule has 2 fully saturated rings. The van der Waals surface area contributed by atoms with Crippen molar-refractivity contribution in [2.45, 2.75) is 37.6 Å². The van der Waals surface area contributed by atoms with E-state index in [1.54, 1.807) is 17.0 Å². The lowest BCUT2D eigenvalue weighted by Gasteiger charge is -2.36. The van der Waals surface area contributed by atoms with E-state index in [0.717, 1.165) is 18.4 Å². The number of sulfonamides is 1. The molecule has 0 radical (unpaired) electrons. The monoisotopic (exact) mass is 367 g/mol. The maximum absolute atomic E-state index is 13.2. The molecule has 1 aromatic rings. The number of aryl methyl sites for hydroxylation is 1. The highest BCUT2D eigenvalue weighted by molar-refractivity contribution is 7.89. The van der Waals surface area contributed by atoms with Gasteiger partial charge in [-0.3, -0.25) is 0 Å². The van der Waals surface area contributed by atoms with Gasteiger partial charge in [-0.25, -0.2) is 13.2 Å². The molecule has 2 heterocycles. The molecule has 0 aromatic heterocycles. The molecule has 0 aliphatic carbocycles. The number of urea groups is 1. The molecule has 1 atom stereocenters. The van der Waals surface area contributed by atoms with Crippen molar-refractivity contribution in [3.63, 3.8) is 0 Å². The van der Waals surface area contributed by atoms with Crippen LogP contribution in [0.25, 0.3) is 0 Å². The summed E-state index contributed by atoms with van der Waals surface area (Å²) in [6, 6.07) is 5.03. The van der Waals surface area contributed by atoms with Crippen LogP contribution < -0.4 is 10.1 Å². The van der Waals surface area contributed by atoms with Crippen molar-refractivity contribution in [1.29, 1.82) is 0 Å². The number of hydrogen-bond acceptors (Lipinski definition) is 4. The van der Waals surface area contributed by atoms with Gasteiger partial charge in [-0.15, -0.1) is 0 Å². The second-order valence-corrected chi connectivity index (χ2v) is 8.37. The molecule has 2 amide bonds. The molecule has 3 rings (SSSR count). The van der Waals surface area contributed by atoms with Crippen LogP contribution in [0.4, 0.5) is 4.79 Å². The Balaban J connectivity index is 1.87. The molecule has 7 nitrogen and oxygen atoms in total. The van der Waals surface area contributed by atoms with Crippen molar-refractivity contribution in [2.75, 3.05) is 32.8 Å². The minimum Gasteiger partial charge on any atom is -0.492 e. The van der Waals surface area contributed by atoms with E-state index < -0.39 is 10.0 Å². The van der Waals surface area contributed by atoms with Crippen LogP contribution in [-0.4, -0.2) is 62.5 Å². The molecule has 1 aromatic carbocycles. The summed E-state index contributed by atoms with van der Waals surface area (Å²) in [5, 5.41) is 2.78. The first-order valence-electron chi connectivity index (χ1n) is 8.71. The third-order valence-electron chi connectivity index (χ3n) is 4.71. The van der Waals surface area contributed by atoms with Crippen LogP contribution in [0.3, 0.4) is 0 Å². The Labute approximate surface area is 149 Å². The van der Waals surface area contributed by atoms with Crippen molar-refractivity contribution < 1.29 is 17.9 Å². The first-order valence-corrected chi connectivity index (χ1v) is 10.2. The highest BCUT2D eigenvalue weighted by Crippen LogP contribution is 2.30. The van der Waals surface area contributed by atoms with E-state index in [2.05, 4.69) is 5.32 Å². The van der Waals surface area contributed by atoms with Gasteiger partial charge in [0, 0.05) is 32.2 Å². The van der Waals surface area contributed by atoms with Gasteiger partial charge in [-0.1, -0.05) is 6.07 Å². The lowest BCUT2D eigenvalue weighted by atomic mass is 10.1. The molecule has 8 heteroatoms. The Morgan fingerprint density at radius 1 is 1.32 bits per heavy atom. The smallest absolute Gasteiger partial charge is 0.317 e. The van der Waals surface area contributed by atoms with Gasteiger partial charge in [-0.05, 0) is 44.4 Å². The van der Waals surface area contributed by atoms with Gasteiger partial charge >= 0.3 is 6.03 Å². The summed E-state index contributed by atoms with van der Waals surface area (Å²) in [5.41, 5.74) is 0.870. The highest BCUT2D eigenvalue weighted by Gasteiger charge is 2.37. The molecule has 25 heavy (non-hydrogen) atoms. The highest BCUT2D eigenvalue weighted by atomic mass is 32.2. The lowest BCUT2D eigenvalue weighted by Crippen LogP contribution is -2.50. The zero-order valence-electron chi connectivity index (χ0n) is 14.7. The van der Waals surface area contributed by atoms with Gasteiger partial charge in [0.25, 0.3) is 0 Å². The largest absolute Gasteiger partial charge is 0.492 e. The van der Waals surface area contributed by atoms with E-state index in [9.17, 15) is 13.2 Å². The van der Waals surface area contributed by atoms with E-state index in [4.69, 9.17) is 4.74 Å². The minimum atomic E-state index is -3.67. The topological polar surface area (TPSA) is 79.0 Å². The fourth-order valence-electron chi connectivity index (χ4n) is 3.46. The summed E-state index contributed by atoms with van der Waals surface area (Å²) in [5.74, 6) is 0.383. The Bertz CT molecular complexity index is 750. The average molecular weight is 367 g/mol. The molecule has 0 bridgehead atoms. The van der Waals surface area contributed by atoms with Crippen LogP contribution in [0.2, 0.25) is 0 Å². The standard InChI is InChI=1S/C17H25N3O4S/c1-3-24-15-7-6-13(2)11-16(15)25(22,23)19-9-4-5-14(12-19)20-10-8-18-17(20)21/h6-7,11,14H,3-5,8-10,12H2,1-2H3,(H,18,21)/t14-/m1/s1. The number of ether oxygens (including phenoxy) is 1. The maximum Gasteiger partial charge on any atom is 0.317 e. The van der Waals surface area contributed by atoms with Gasteiger partial charge in [0.1, 0.15) is 10.6 Å². The van der Waals surface area contributed by atoms with Gasteiger partial charge in [0.15, 0.2) is 0 Å². The Morgan fingerprint density at radius 2 is 2.12 bits per heavy atom. The Hall–Kier alpha value is -1.80. The van der Waals surface area contributed by atoms with Gasteiger partial charge in [0.2, 0.25) is 10.0 Å². The quantitative estimate of drug-likeness (QED) is 0.857. The third kappa shape index (κ3) is 3.59. The minimum absolute atomic E-state index is 0.0774. The fourth-order valence-corrected chi connectivity index (χ4v) is 5.19. The van der Waals surface area contributed by atoms with Crippen molar-refractivity contribution >= 4 is 16.1 Å². The second-order valence-electron chi connectivity index (χ2n) is 6.47. The van der Waals surface area contributed by atoms with Crippen molar-refractivity contribution in [1.82, 2.24) is 14.5 Å². The summed E-state index contributed by atoms with van der Waals surface area (Å²) in [7, 11) is -3.67. The van der Waals surface area contributed by atoms with Crippen LogP contribution in [0.5, 0.6) is 5.75 Å². The number of nitrogens with one attached hydrogen (secondary N) is 1. The third-order valence-corrected chi connectivity index (χ3v) is 6.59. The Kier molecular flexibility index (Phi) is 5.19. The second kappa shape index (κ2) is 7.21. The number of hydrogen-bond donors (Lipinski definition) is 1. The number of carbonyl (C=O) groups is 1. The molecule has 2 aliphatic rings.